The summed E-state index contributed by atoms with van der Waals surface area (Å²) >= 11 is 0. The smallest absolute Gasteiger partial charge is 0.246 e. The fourth-order valence-corrected chi connectivity index (χ4v) is 11.2. The van der Waals surface area contributed by atoms with E-state index in [2.05, 4.69) is 21.3 Å². The summed E-state index contributed by atoms with van der Waals surface area (Å²) in [5, 5.41) is 11.2. The summed E-state index contributed by atoms with van der Waals surface area (Å²) in [6.07, 6.45) is 5.28. The van der Waals surface area contributed by atoms with Crippen LogP contribution in [0.15, 0.2) is 12.2 Å². The number of carbonyl (C=O) groups is 11. The van der Waals surface area contributed by atoms with Gasteiger partial charge in [0.25, 0.3) is 0 Å². The summed E-state index contributed by atoms with van der Waals surface area (Å²) < 4.78 is 0. The maximum absolute atomic E-state index is 15.2. The third kappa shape index (κ3) is 22.5. The Kier molecular flexibility index (Phi) is 33.0. The van der Waals surface area contributed by atoms with Gasteiger partial charge in [0, 0.05) is 49.3 Å². The van der Waals surface area contributed by atoms with Gasteiger partial charge in [0.1, 0.15) is 66.5 Å². The van der Waals surface area contributed by atoms with E-state index < -0.39 is 143 Å². The monoisotopic (exact) mass is 1230 g/mol. The van der Waals surface area contributed by atoms with Crippen molar-refractivity contribution in [2.75, 3.05) is 55.9 Å². The van der Waals surface area contributed by atoms with Gasteiger partial charge in [-0.15, -0.1) is 0 Å². The lowest BCUT2D eigenvalue weighted by molar-refractivity contribution is -0.156. The molecule has 0 aliphatic carbocycles. The molecule has 1 aliphatic rings. The van der Waals surface area contributed by atoms with Gasteiger partial charge in [0.15, 0.2) is 0 Å². The lowest BCUT2D eigenvalue weighted by atomic mass is 9.93. The number of hydrogen-bond donors (Lipinski definition) is 5. The Hall–Kier alpha value is -6.13. The highest BCUT2D eigenvalue weighted by atomic mass is 16.2. The number of nitrogens with zero attached hydrogens (tertiary/aromatic N) is 7. The molecular weight excluding hydrogens is 1110 g/mol. The van der Waals surface area contributed by atoms with Crippen molar-refractivity contribution in [3.05, 3.63) is 12.2 Å². The summed E-state index contributed by atoms with van der Waals surface area (Å²) in [5.74, 6) is -8.57. The maximum atomic E-state index is 15.2. The molecule has 0 spiro atoms. The summed E-state index contributed by atoms with van der Waals surface area (Å²) in [6.45, 7) is 30.5. The number of rotatable bonds is 17. The zero-order valence-corrected chi connectivity index (χ0v) is 57.6. The molecule has 0 bridgehead atoms. The first-order valence-corrected chi connectivity index (χ1v) is 31.6. The van der Waals surface area contributed by atoms with E-state index in [0.717, 1.165) is 0 Å². The van der Waals surface area contributed by atoms with Gasteiger partial charge in [0.05, 0.1) is 0 Å². The van der Waals surface area contributed by atoms with E-state index in [1.165, 1.54) is 97.5 Å². The fraction of sp³-hybridized carbons (Fsp3) is 0.797. The molecule has 0 radical (unpaired) electrons. The molecule has 6 N–H and O–H groups in total. The second-order valence-corrected chi connectivity index (χ2v) is 26.8. The van der Waals surface area contributed by atoms with Crippen molar-refractivity contribution < 1.29 is 52.7 Å². The van der Waals surface area contributed by atoms with Crippen molar-refractivity contribution in [1.29, 1.82) is 0 Å². The summed E-state index contributed by atoms with van der Waals surface area (Å²) in [7, 11) is 10.3. The molecule has 1 fully saturated rings. The standard InChI is InChI=1S/C64H116N12O11/c1-25-27-28-42(15)35-49-56(79)68-45(26-2)59(82)70(18)46(29-30-65)60(83)71(19)48(32-37(5)6)57(80)69-52(40(11)12)63(86)72(20)47(31-36(3)4)55(78)66-43(16)54(77)67-44(17)58(81)74(22)50(33-38(7)8)61(84)75(23)51(34-39(9)10)62(85)76(24)53(41(13)14)64(87)73(49)21/h25,27,36-53H,26,28-35,65H2,1-24H3,(H,66,78)(H,67,77)(H,68,79)(H,69,80)/b27-25+/t42-,43-,44+,45+,46-,47-,48+,49+,50+,51+,52-,53+/m1/s1. The van der Waals surface area contributed by atoms with Crippen molar-refractivity contribution in [2.45, 2.75) is 236 Å². The highest BCUT2D eigenvalue weighted by molar-refractivity contribution is 6.00. The Morgan fingerprint density at radius 1 is 0.414 bits per heavy atom. The third-order valence-corrected chi connectivity index (χ3v) is 16.7. The van der Waals surface area contributed by atoms with Gasteiger partial charge in [-0.2, -0.15) is 0 Å². The molecule has 11 amide bonds. The summed E-state index contributed by atoms with van der Waals surface area (Å²) in [6, 6.07) is -12.9. The van der Waals surface area contributed by atoms with E-state index in [-0.39, 0.29) is 81.1 Å². The second-order valence-electron chi connectivity index (χ2n) is 26.8. The molecular formula is C64H116N12O11. The predicted octanol–water partition coefficient (Wildman–Crippen LogP) is 4.02. The van der Waals surface area contributed by atoms with E-state index >= 15 is 9.59 Å². The lowest BCUT2D eigenvalue weighted by Crippen LogP contribution is -2.62. The van der Waals surface area contributed by atoms with Crippen LogP contribution in [0.1, 0.15) is 169 Å². The van der Waals surface area contributed by atoms with Gasteiger partial charge in [-0.25, -0.2) is 0 Å². The van der Waals surface area contributed by atoms with Gasteiger partial charge < -0.3 is 61.3 Å². The van der Waals surface area contributed by atoms with Crippen LogP contribution in [0.2, 0.25) is 0 Å². The topological polar surface area (TPSA) is 285 Å². The van der Waals surface area contributed by atoms with Crippen LogP contribution < -0.4 is 27.0 Å². The van der Waals surface area contributed by atoms with Gasteiger partial charge in [-0.1, -0.05) is 109 Å². The molecule has 498 valence electrons. The normalized spacial score (nSPS) is 27.0. The van der Waals surface area contributed by atoms with Crippen LogP contribution in [0.5, 0.6) is 0 Å². The van der Waals surface area contributed by atoms with E-state index in [9.17, 15) is 43.2 Å². The average Bonchev–Trinajstić information content (AvgIpc) is 3.02. The first kappa shape index (κ1) is 78.9. The SMILES string of the molecule is C/C=C/C[C@@H](C)C[C@H]1C(=O)N[C@@H](CC)C(=O)N(C)[C@H](CCN)C(=O)N(C)[C@@H](CC(C)C)C(=O)N[C@H](C(C)C)C(=O)N(C)[C@H](CC(C)C)C(=O)N[C@H](C)C(=O)N[C@@H](C)C(=O)N(C)[C@@H](CC(C)C)C(=O)N(C)[C@@H](CC(C)C)C(=O)N(C)[C@@H](C(C)C)C(=O)N1C. The lowest BCUT2D eigenvalue weighted by Gasteiger charge is -2.41. The van der Waals surface area contributed by atoms with Crippen LogP contribution in [0.25, 0.3) is 0 Å². The minimum atomic E-state index is -1.22. The molecule has 0 aromatic carbocycles. The third-order valence-electron chi connectivity index (χ3n) is 16.7. The molecule has 1 saturated heterocycles. The predicted molar refractivity (Wildman–Crippen MR) is 340 cm³/mol. The number of allylic oxidation sites excluding steroid dienone is 2. The Morgan fingerprint density at radius 3 is 1.22 bits per heavy atom. The van der Waals surface area contributed by atoms with Gasteiger partial charge in [0.2, 0.25) is 65.0 Å². The minimum absolute atomic E-state index is 0.0247. The first-order valence-electron chi connectivity index (χ1n) is 31.6. The van der Waals surface area contributed by atoms with Crippen molar-refractivity contribution in [3.63, 3.8) is 0 Å². The summed E-state index contributed by atoms with van der Waals surface area (Å²) in [4.78, 5) is 171. The highest BCUT2D eigenvalue weighted by Gasteiger charge is 2.45. The molecule has 23 heteroatoms. The van der Waals surface area contributed by atoms with Crippen molar-refractivity contribution >= 4 is 65.0 Å². The van der Waals surface area contributed by atoms with Gasteiger partial charge >= 0.3 is 0 Å². The zero-order chi connectivity index (χ0) is 67.4. The van der Waals surface area contributed by atoms with Crippen molar-refractivity contribution in [3.8, 4) is 0 Å². The molecule has 0 saturated carbocycles. The van der Waals surface area contributed by atoms with Crippen molar-refractivity contribution in [2.24, 2.45) is 47.2 Å². The van der Waals surface area contributed by atoms with Gasteiger partial charge in [-0.05, 0) is 120 Å². The van der Waals surface area contributed by atoms with Crippen LogP contribution in [0.4, 0.5) is 0 Å². The van der Waals surface area contributed by atoms with Crippen LogP contribution in [-0.2, 0) is 52.7 Å². The van der Waals surface area contributed by atoms with E-state index in [1.54, 1.807) is 34.6 Å². The highest BCUT2D eigenvalue weighted by Crippen LogP contribution is 2.26. The number of nitrogens with one attached hydrogen (secondary N) is 4. The minimum Gasteiger partial charge on any atom is -0.343 e. The molecule has 1 rings (SSSR count). The second kappa shape index (κ2) is 36.4. The van der Waals surface area contributed by atoms with Crippen LogP contribution in [0, 0.1) is 41.4 Å². The van der Waals surface area contributed by atoms with E-state index in [0.29, 0.717) is 6.42 Å². The molecule has 0 unspecified atom stereocenters. The maximum Gasteiger partial charge on any atom is 0.246 e. The molecule has 0 aromatic heterocycles. The summed E-state index contributed by atoms with van der Waals surface area (Å²) in [5.41, 5.74) is 6.13. The Bertz CT molecular complexity index is 2360. The fourth-order valence-electron chi connectivity index (χ4n) is 11.2. The van der Waals surface area contributed by atoms with Gasteiger partial charge in [-0.3, -0.25) is 52.7 Å². The molecule has 23 nitrogen and oxygen atoms in total. The van der Waals surface area contributed by atoms with E-state index in [4.69, 9.17) is 5.73 Å². The molecule has 87 heavy (non-hydrogen) atoms. The number of nitrogens with two attached hydrogens (primary N) is 1. The number of amides is 11. The largest absolute Gasteiger partial charge is 0.343 e. The van der Waals surface area contributed by atoms with Crippen LogP contribution >= 0.6 is 0 Å². The quantitative estimate of drug-likeness (QED) is 0.129. The van der Waals surface area contributed by atoms with Crippen LogP contribution in [0.3, 0.4) is 0 Å². The molecule has 1 heterocycles. The van der Waals surface area contributed by atoms with E-state index in [1.807, 2.05) is 81.4 Å². The zero-order valence-electron chi connectivity index (χ0n) is 57.6. The van der Waals surface area contributed by atoms with Crippen molar-refractivity contribution in [1.82, 2.24) is 55.6 Å². The molecule has 0 aromatic rings. The molecule has 12 atom stereocenters. The Balaban J connectivity index is 4.40. The Morgan fingerprint density at radius 2 is 0.782 bits per heavy atom. The molecule has 1 aliphatic heterocycles. The van der Waals surface area contributed by atoms with Crippen LogP contribution in [-0.4, -0.2) is 222 Å². The number of hydrogen-bond acceptors (Lipinski definition) is 12. The number of likely N-dealkylation sites (N-methyl/N-ethyl adjacent to an activating group) is 7. The number of carbonyl (C=O) groups excluding carboxylic acids is 11. The first-order chi connectivity index (χ1) is 40.2. The average molecular weight is 1230 g/mol. The Labute approximate surface area is 522 Å².